The standard InChI is InChI=1S/C13H22N4O4S/c1-4-8-16(9-7-10-21-5-2)13(18)17-11-14-12(15-17)22(19,20)6-3/h4,11H,1,5-10H2,2-3H3. The Bertz CT molecular complexity index is 597. The predicted octanol–water partition coefficient (Wildman–Crippen LogP) is 0.954. The van der Waals surface area contributed by atoms with E-state index in [1.807, 2.05) is 6.92 Å². The molecule has 0 fully saturated rings. The maximum Gasteiger partial charge on any atom is 0.346 e. The zero-order chi connectivity index (χ0) is 16.6. The van der Waals surface area contributed by atoms with Gasteiger partial charge in [0.15, 0.2) is 0 Å². The SMILES string of the molecule is C=CCN(CCCOCC)C(=O)n1cnc(S(=O)(=O)CC)n1. The van der Waals surface area contributed by atoms with Crippen molar-refractivity contribution >= 4 is 15.9 Å². The first kappa shape index (κ1) is 18.3. The first-order valence-electron chi connectivity index (χ1n) is 7.08. The van der Waals surface area contributed by atoms with E-state index in [4.69, 9.17) is 4.74 Å². The van der Waals surface area contributed by atoms with Crippen LogP contribution in [0.1, 0.15) is 20.3 Å². The molecule has 124 valence electrons. The summed E-state index contributed by atoms with van der Waals surface area (Å²) >= 11 is 0. The Morgan fingerprint density at radius 3 is 2.82 bits per heavy atom. The number of carbonyl (C=O) groups excluding carboxylic acids is 1. The van der Waals surface area contributed by atoms with Crippen molar-refractivity contribution in [3.8, 4) is 0 Å². The minimum atomic E-state index is -3.53. The largest absolute Gasteiger partial charge is 0.382 e. The molecule has 0 N–H and O–H groups in total. The summed E-state index contributed by atoms with van der Waals surface area (Å²) in [6.07, 6.45) is 3.38. The molecule has 1 aromatic heterocycles. The van der Waals surface area contributed by atoms with Crippen LogP contribution < -0.4 is 0 Å². The van der Waals surface area contributed by atoms with Gasteiger partial charge in [-0.1, -0.05) is 13.0 Å². The van der Waals surface area contributed by atoms with Crippen LogP contribution in [0.3, 0.4) is 0 Å². The van der Waals surface area contributed by atoms with Crippen LogP contribution in [0.2, 0.25) is 0 Å². The van der Waals surface area contributed by atoms with E-state index in [9.17, 15) is 13.2 Å². The summed E-state index contributed by atoms with van der Waals surface area (Å²) < 4.78 is 29.5. The molecule has 0 aliphatic carbocycles. The number of ether oxygens (including phenoxy) is 1. The molecule has 22 heavy (non-hydrogen) atoms. The number of aromatic nitrogens is 3. The van der Waals surface area contributed by atoms with Crippen LogP contribution >= 0.6 is 0 Å². The Morgan fingerprint density at radius 2 is 2.23 bits per heavy atom. The lowest BCUT2D eigenvalue weighted by molar-refractivity contribution is 0.135. The summed E-state index contributed by atoms with van der Waals surface area (Å²) in [5, 5.41) is 3.42. The van der Waals surface area contributed by atoms with Gasteiger partial charge in [0.25, 0.3) is 5.16 Å². The van der Waals surface area contributed by atoms with Crippen LogP contribution in [0, 0.1) is 0 Å². The predicted molar refractivity (Wildman–Crippen MR) is 81.4 cm³/mol. The van der Waals surface area contributed by atoms with Gasteiger partial charge in [-0.05, 0) is 13.3 Å². The molecule has 0 aliphatic heterocycles. The summed E-state index contributed by atoms with van der Waals surface area (Å²) in [7, 11) is -3.53. The molecule has 0 aliphatic rings. The normalized spacial score (nSPS) is 11.4. The minimum absolute atomic E-state index is 0.115. The van der Waals surface area contributed by atoms with E-state index in [1.165, 1.54) is 11.8 Å². The highest BCUT2D eigenvalue weighted by Gasteiger charge is 2.21. The number of sulfone groups is 1. The van der Waals surface area contributed by atoms with Crippen LogP contribution in [0.25, 0.3) is 0 Å². The average Bonchev–Trinajstić information content (AvgIpc) is 3.00. The molecule has 8 nitrogen and oxygen atoms in total. The molecule has 1 aromatic rings. The highest BCUT2D eigenvalue weighted by atomic mass is 32.2. The van der Waals surface area contributed by atoms with E-state index in [0.29, 0.717) is 32.7 Å². The molecule has 9 heteroatoms. The van der Waals surface area contributed by atoms with Gasteiger partial charge >= 0.3 is 6.03 Å². The van der Waals surface area contributed by atoms with Crippen molar-refractivity contribution in [3.05, 3.63) is 19.0 Å². The van der Waals surface area contributed by atoms with E-state index in [-0.39, 0.29) is 10.9 Å². The van der Waals surface area contributed by atoms with Crippen LogP contribution in [-0.2, 0) is 14.6 Å². The number of nitrogens with zero attached hydrogens (tertiary/aromatic N) is 4. The third-order valence-corrected chi connectivity index (χ3v) is 4.37. The maximum atomic E-state index is 12.3. The van der Waals surface area contributed by atoms with Crippen LogP contribution in [0.15, 0.2) is 24.1 Å². The van der Waals surface area contributed by atoms with Gasteiger partial charge in [0.1, 0.15) is 6.33 Å². The second-order valence-corrected chi connectivity index (χ2v) is 6.61. The summed E-state index contributed by atoms with van der Waals surface area (Å²) in [5.41, 5.74) is 0. The van der Waals surface area contributed by atoms with Crippen LogP contribution in [0.5, 0.6) is 0 Å². The maximum absolute atomic E-state index is 12.3. The number of hydrogen-bond donors (Lipinski definition) is 0. The molecule has 1 heterocycles. The third-order valence-electron chi connectivity index (χ3n) is 2.87. The Hall–Kier alpha value is -1.74. The van der Waals surface area contributed by atoms with E-state index < -0.39 is 15.9 Å². The number of hydrogen-bond acceptors (Lipinski definition) is 6. The Labute approximate surface area is 130 Å². The van der Waals surface area contributed by atoms with Crippen LogP contribution in [0.4, 0.5) is 4.79 Å². The Morgan fingerprint density at radius 1 is 1.50 bits per heavy atom. The number of rotatable bonds is 9. The van der Waals surface area contributed by atoms with Crippen molar-refractivity contribution in [3.63, 3.8) is 0 Å². The monoisotopic (exact) mass is 330 g/mol. The van der Waals surface area contributed by atoms with Crippen molar-refractivity contribution in [1.82, 2.24) is 19.7 Å². The third kappa shape index (κ3) is 4.92. The molecule has 0 atom stereocenters. The molecule has 0 bridgehead atoms. The molecule has 1 rings (SSSR count). The van der Waals surface area contributed by atoms with Gasteiger partial charge in [0.2, 0.25) is 9.84 Å². The molecule has 0 aromatic carbocycles. The lowest BCUT2D eigenvalue weighted by Crippen LogP contribution is -2.36. The van der Waals surface area contributed by atoms with Gasteiger partial charge in [0.05, 0.1) is 5.75 Å². The fourth-order valence-corrected chi connectivity index (χ4v) is 2.36. The average molecular weight is 330 g/mol. The lowest BCUT2D eigenvalue weighted by atomic mass is 10.4. The van der Waals surface area contributed by atoms with E-state index in [1.54, 1.807) is 6.08 Å². The highest BCUT2D eigenvalue weighted by molar-refractivity contribution is 7.91. The lowest BCUT2D eigenvalue weighted by Gasteiger charge is -2.20. The zero-order valence-corrected chi connectivity index (χ0v) is 13.8. The quantitative estimate of drug-likeness (QED) is 0.494. The van der Waals surface area contributed by atoms with Crippen molar-refractivity contribution in [1.29, 1.82) is 0 Å². The minimum Gasteiger partial charge on any atom is -0.382 e. The van der Waals surface area contributed by atoms with Crippen molar-refractivity contribution in [2.24, 2.45) is 0 Å². The van der Waals surface area contributed by atoms with E-state index >= 15 is 0 Å². The van der Waals surface area contributed by atoms with Crippen molar-refractivity contribution in [2.45, 2.75) is 25.4 Å². The Balaban J connectivity index is 2.79. The summed E-state index contributed by atoms with van der Waals surface area (Å²) in [6, 6.07) is -0.443. The number of amides is 1. The van der Waals surface area contributed by atoms with Gasteiger partial charge in [-0.25, -0.2) is 18.2 Å². The molecule has 0 unspecified atom stereocenters. The summed E-state index contributed by atoms with van der Waals surface area (Å²) in [5.74, 6) is -0.115. The molecule has 0 spiro atoms. The van der Waals surface area contributed by atoms with Gasteiger partial charge in [-0.2, -0.15) is 4.68 Å². The van der Waals surface area contributed by atoms with Gasteiger partial charge in [-0.3, -0.25) is 0 Å². The molecular weight excluding hydrogens is 308 g/mol. The van der Waals surface area contributed by atoms with Gasteiger partial charge < -0.3 is 9.64 Å². The smallest absolute Gasteiger partial charge is 0.346 e. The molecular formula is C13H22N4O4S. The fourth-order valence-electron chi connectivity index (χ4n) is 1.68. The second kappa shape index (κ2) is 8.64. The highest BCUT2D eigenvalue weighted by Crippen LogP contribution is 2.05. The molecule has 0 saturated heterocycles. The Kier molecular flexibility index (Phi) is 7.19. The first-order chi connectivity index (χ1) is 10.5. The molecule has 0 saturated carbocycles. The molecule has 0 radical (unpaired) electrons. The fraction of sp³-hybridized carbons (Fsp3) is 0.615. The summed E-state index contributed by atoms with van der Waals surface area (Å²) in [6.45, 7) is 8.97. The van der Waals surface area contributed by atoms with Crippen LogP contribution in [-0.4, -0.2) is 66.2 Å². The topological polar surface area (TPSA) is 94.4 Å². The van der Waals surface area contributed by atoms with E-state index in [2.05, 4.69) is 16.7 Å². The first-order valence-corrected chi connectivity index (χ1v) is 8.73. The van der Waals surface area contributed by atoms with E-state index in [0.717, 1.165) is 11.0 Å². The van der Waals surface area contributed by atoms with Gasteiger partial charge in [0, 0.05) is 26.3 Å². The van der Waals surface area contributed by atoms with Crippen molar-refractivity contribution < 1.29 is 17.9 Å². The van der Waals surface area contributed by atoms with Crippen molar-refractivity contribution in [2.75, 3.05) is 32.1 Å². The van der Waals surface area contributed by atoms with Gasteiger partial charge in [-0.15, -0.1) is 11.7 Å². The second-order valence-electron chi connectivity index (χ2n) is 4.44. The molecule has 1 amide bonds. The summed E-state index contributed by atoms with van der Waals surface area (Å²) in [4.78, 5) is 17.5. The number of carbonyl (C=O) groups is 1. The zero-order valence-electron chi connectivity index (χ0n) is 12.9.